The number of halogens is 1. The first-order valence-electron chi connectivity index (χ1n) is 6.55. The third-order valence-electron chi connectivity index (χ3n) is 3.38. The number of hydrogen-bond donors (Lipinski definition) is 0. The van der Waals surface area contributed by atoms with E-state index in [2.05, 4.69) is 0 Å². The molecule has 0 aromatic heterocycles. The fourth-order valence-electron chi connectivity index (χ4n) is 2.17. The summed E-state index contributed by atoms with van der Waals surface area (Å²) in [4.78, 5) is 12.9. The number of carbonyl (C=O) groups is 1. The van der Waals surface area contributed by atoms with Crippen molar-refractivity contribution >= 4 is 33.3 Å². The van der Waals surface area contributed by atoms with Crippen LogP contribution in [-0.4, -0.2) is 59.1 Å². The summed E-state index contributed by atoms with van der Waals surface area (Å²) in [6.45, 7) is 1.91. The molecule has 1 aromatic carbocycles. The van der Waals surface area contributed by atoms with Gasteiger partial charge in [0.1, 0.15) is 4.90 Å². The summed E-state index contributed by atoms with van der Waals surface area (Å²) in [5, 5.41) is 11.4. The van der Waals surface area contributed by atoms with Gasteiger partial charge in [0.25, 0.3) is 0 Å². The fraction of sp³-hybridized carbons (Fsp3) is 0.462. The van der Waals surface area contributed by atoms with Crippen molar-refractivity contribution in [3.8, 4) is 0 Å². The van der Waals surface area contributed by atoms with E-state index >= 15 is 0 Å². The maximum Gasteiger partial charge on any atom is 0.244 e. The van der Waals surface area contributed by atoms with Crippen molar-refractivity contribution in [3.63, 3.8) is 0 Å². The smallest absolute Gasteiger partial charge is 0.244 e. The topological polar surface area (TPSA) is 90.0 Å². The van der Waals surface area contributed by atoms with Gasteiger partial charge in [-0.3, -0.25) is 0 Å². The van der Waals surface area contributed by atoms with Gasteiger partial charge in [0.15, 0.2) is 0 Å². The molecule has 122 valence electrons. The van der Waals surface area contributed by atoms with E-state index in [0.717, 1.165) is 10.4 Å². The van der Waals surface area contributed by atoms with Crippen molar-refractivity contribution in [2.45, 2.75) is 4.90 Å². The number of rotatable bonds is 4. The van der Waals surface area contributed by atoms with E-state index in [9.17, 15) is 18.3 Å². The second-order valence-electron chi connectivity index (χ2n) is 4.97. The first kappa shape index (κ1) is 17.0. The van der Waals surface area contributed by atoms with Gasteiger partial charge in [-0.15, -0.1) is 0 Å². The van der Waals surface area contributed by atoms with Gasteiger partial charge in [-0.1, -0.05) is 11.6 Å². The molecular formula is C13H16ClN2O5S-. The number of benzene rings is 1. The zero-order valence-electron chi connectivity index (χ0n) is 12.2. The molecule has 0 saturated carbocycles. The number of aromatic carboxylic acids is 1. The average Bonchev–Trinajstić information content (AvgIpc) is 2.47. The summed E-state index contributed by atoms with van der Waals surface area (Å²) < 4.78 is 30.6. The lowest BCUT2D eigenvalue weighted by Gasteiger charge is -2.31. The molecule has 2 rings (SSSR count). The maximum atomic E-state index is 12.2. The van der Waals surface area contributed by atoms with Crippen LogP contribution in [0.2, 0.25) is 5.02 Å². The summed E-state index contributed by atoms with van der Waals surface area (Å²) >= 11 is 6.08. The highest BCUT2D eigenvalue weighted by Gasteiger charge is 2.25. The van der Waals surface area contributed by atoms with Crippen LogP contribution in [0.4, 0.5) is 5.69 Å². The zero-order valence-corrected chi connectivity index (χ0v) is 13.8. The van der Waals surface area contributed by atoms with Crippen LogP contribution in [0.15, 0.2) is 17.0 Å². The lowest BCUT2D eigenvalue weighted by atomic mass is 10.1. The Balaban J connectivity index is 2.58. The van der Waals surface area contributed by atoms with E-state index in [0.29, 0.717) is 32.0 Å². The predicted molar refractivity (Wildman–Crippen MR) is 79.7 cm³/mol. The van der Waals surface area contributed by atoms with Gasteiger partial charge < -0.3 is 19.5 Å². The maximum absolute atomic E-state index is 12.2. The molecule has 1 fully saturated rings. The molecule has 1 saturated heterocycles. The minimum absolute atomic E-state index is 0.0276. The second kappa shape index (κ2) is 6.41. The highest BCUT2D eigenvalue weighted by molar-refractivity contribution is 7.89. The number of hydrogen-bond acceptors (Lipinski definition) is 6. The van der Waals surface area contributed by atoms with Crippen LogP contribution in [0.1, 0.15) is 10.4 Å². The molecule has 0 amide bonds. The minimum Gasteiger partial charge on any atom is -0.545 e. The Morgan fingerprint density at radius 2 is 1.91 bits per heavy atom. The fourth-order valence-corrected chi connectivity index (χ4v) is 3.58. The molecule has 0 bridgehead atoms. The normalized spacial score (nSPS) is 16.1. The summed E-state index contributed by atoms with van der Waals surface area (Å²) in [6, 6.07) is 2.41. The average molecular weight is 348 g/mol. The van der Waals surface area contributed by atoms with Gasteiger partial charge in [0.2, 0.25) is 10.0 Å². The minimum atomic E-state index is -3.84. The van der Waals surface area contributed by atoms with Crippen molar-refractivity contribution in [1.82, 2.24) is 4.31 Å². The van der Waals surface area contributed by atoms with Gasteiger partial charge in [-0.2, -0.15) is 0 Å². The van der Waals surface area contributed by atoms with Crippen LogP contribution in [0.3, 0.4) is 0 Å². The number of carboxylic acid groups (broad SMARTS) is 1. The molecule has 1 heterocycles. The number of carboxylic acids is 1. The van der Waals surface area contributed by atoms with Gasteiger partial charge in [-0.05, 0) is 12.1 Å². The Bertz CT molecular complexity index is 684. The SMILES string of the molecule is CN(C)S(=O)(=O)c1cc(C(=O)[O-])c(N2CCOCC2)cc1Cl. The Morgan fingerprint density at radius 3 is 2.41 bits per heavy atom. The molecule has 0 N–H and O–H groups in total. The molecule has 0 atom stereocenters. The third kappa shape index (κ3) is 3.19. The van der Waals surface area contributed by atoms with Crippen molar-refractivity contribution in [1.29, 1.82) is 0 Å². The quantitative estimate of drug-likeness (QED) is 0.748. The number of morpholine rings is 1. The van der Waals surface area contributed by atoms with E-state index in [1.165, 1.54) is 20.2 Å². The second-order valence-corrected chi connectivity index (χ2v) is 7.50. The number of ether oxygens (including phenoxy) is 1. The number of anilines is 1. The lowest BCUT2D eigenvalue weighted by molar-refractivity contribution is -0.255. The van der Waals surface area contributed by atoms with Gasteiger partial charge >= 0.3 is 0 Å². The first-order valence-corrected chi connectivity index (χ1v) is 8.37. The van der Waals surface area contributed by atoms with Crippen LogP contribution >= 0.6 is 11.6 Å². The third-order valence-corrected chi connectivity index (χ3v) is 5.66. The van der Waals surface area contributed by atoms with E-state index in [1.54, 1.807) is 4.90 Å². The number of sulfonamides is 1. The molecule has 22 heavy (non-hydrogen) atoms. The largest absolute Gasteiger partial charge is 0.545 e. The van der Waals surface area contributed by atoms with Gasteiger partial charge in [-0.25, -0.2) is 12.7 Å². The predicted octanol–water partition coefficient (Wildman–Crippen LogP) is -0.210. The van der Waals surface area contributed by atoms with Crippen molar-refractivity contribution < 1.29 is 23.1 Å². The van der Waals surface area contributed by atoms with Crippen LogP contribution in [0.5, 0.6) is 0 Å². The molecular weight excluding hydrogens is 332 g/mol. The summed E-state index contributed by atoms with van der Waals surface area (Å²) in [5.41, 5.74) is 0.137. The summed E-state index contributed by atoms with van der Waals surface area (Å²) in [5.74, 6) is -1.45. The molecule has 0 aliphatic carbocycles. The van der Waals surface area contributed by atoms with Gasteiger partial charge in [0.05, 0.1) is 24.2 Å². The molecule has 9 heteroatoms. The Morgan fingerprint density at radius 1 is 1.32 bits per heavy atom. The Hall–Kier alpha value is -1.35. The first-order chi connectivity index (χ1) is 10.2. The summed E-state index contributed by atoms with van der Waals surface area (Å²) in [7, 11) is -1.15. The number of carbonyl (C=O) groups excluding carboxylic acids is 1. The zero-order chi connectivity index (χ0) is 16.5. The Kier molecular flexibility index (Phi) is 4.96. The molecule has 1 aliphatic rings. The molecule has 1 aromatic rings. The van der Waals surface area contributed by atoms with Crippen LogP contribution < -0.4 is 10.0 Å². The van der Waals surface area contributed by atoms with Crippen LogP contribution in [-0.2, 0) is 14.8 Å². The van der Waals surface area contributed by atoms with E-state index in [1.807, 2.05) is 0 Å². The Labute approximate surface area is 134 Å². The summed E-state index contributed by atoms with van der Waals surface area (Å²) in [6.07, 6.45) is 0. The molecule has 1 aliphatic heterocycles. The van der Waals surface area contributed by atoms with Crippen molar-refractivity contribution in [2.24, 2.45) is 0 Å². The van der Waals surface area contributed by atoms with Crippen LogP contribution in [0, 0.1) is 0 Å². The molecule has 7 nitrogen and oxygen atoms in total. The molecule has 0 spiro atoms. The van der Waals surface area contributed by atoms with Crippen molar-refractivity contribution in [3.05, 3.63) is 22.7 Å². The lowest BCUT2D eigenvalue weighted by Crippen LogP contribution is -2.38. The number of nitrogens with zero attached hydrogens (tertiary/aromatic N) is 2. The standard InChI is InChI=1S/C13H17ClN2O5S/c1-15(2)22(19,20)12-7-9(13(17)18)11(8-10(12)14)16-3-5-21-6-4-16/h7-8H,3-6H2,1-2H3,(H,17,18)/p-1. The van der Waals surface area contributed by atoms with Crippen LogP contribution in [0.25, 0.3) is 0 Å². The molecule has 0 unspecified atom stereocenters. The van der Waals surface area contributed by atoms with Crippen molar-refractivity contribution in [2.75, 3.05) is 45.3 Å². The molecule has 0 radical (unpaired) electrons. The van der Waals surface area contributed by atoms with E-state index in [-0.39, 0.29) is 15.5 Å². The van der Waals surface area contributed by atoms with E-state index in [4.69, 9.17) is 16.3 Å². The highest BCUT2D eigenvalue weighted by Crippen LogP contribution is 2.32. The van der Waals surface area contributed by atoms with E-state index < -0.39 is 16.0 Å². The van der Waals surface area contributed by atoms with Gasteiger partial charge in [0, 0.05) is 38.4 Å². The highest BCUT2D eigenvalue weighted by atomic mass is 35.5. The monoisotopic (exact) mass is 347 g/mol.